The number of hydrogen-bond donors (Lipinski definition) is 2. The van der Waals surface area contributed by atoms with Gasteiger partial charge in [-0.25, -0.2) is 0 Å². The molecule has 2 fully saturated rings. The molecule has 2 saturated carbocycles. The molecule has 3 nitrogen and oxygen atoms in total. The summed E-state index contributed by atoms with van der Waals surface area (Å²) in [5.74, 6) is 0.371. The molecular formula is C26H28O3S. The number of benzene rings is 2. The van der Waals surface area contributed by atoms with Gasteiger partial charge < -0.3 is 5.11 Å². The number of carbonyl (C=O) groups excluding carboxylic acids is 2. The van der Waals surface area contributed by atoms with Gasteiger partial charge in [0.05, 0.1) is 11.1 Å². The Morgan fingerprint density at radius 3 is 1.67 bits per heavy atom. The molecule has 3 aliphatic rings. The molecule has 0 saturated heterocycles. The van der Waals surface area contributed by atoms with Crippen molar-refractivity contribution in [2.75, 3.05) is 0 Å². The summed E-state index contributed by atoms with van der Waals surface area (Å²) in [5.41, 5.74) is 3.89. The minimum atomic E-state index is -0.250. The molecule has 1 N–H and O–H groups in total. The van der Waals surface area contributed by atoms with Crippen molar-refractivity contribution < 1.29 is 14.7 Å². The quantitative estimate of drug-likeness (QED) is 0.462. The summed E-state index contributed by atoms with van der Waals surface area (Å²) in [6.45, 7) is 0. The van der Waals surface area contributed by atoms with Crippen molar-refractivity contribution >= 4 is 24.2 Å². The first-order chi connectivity index (χ1) is 14.6. The second kappa shape index (κ2) is 7.88. The standard InChI is InChI=1S/C26H28O3S/c27-21-11-12-22(30)24-23(21)25(28)19-13-17(15-7-3-1-4-8-15)18(14-20(19)26(24)29)16-9-5-2-6-10-16/h11-16,27,30H,1-10H2. The van der Waals surface area contributed by atoms with E-state index in [9.17, 15) is 14.7 Å². The SMILES string of the molecule is O=C1c2cc(C3CCCCC3)c(C3CCCCC3)cc2C(=O)c2c(S)ccc(O)c21. The monoisotopic (exact) mass is 420 g/mol. The van der Waals surface area contributed by atoms with Gasteiger partial charge in [-0.15, -0.1) is 12.6 Å². The van der Waals surface area contributed by atoms with Gasteiger partial charge in [-0.3, -0.25) is 9.59 Å². The Bertz CT molecular complexity index is 945. The maximum Gasteiger partial charge on any atom is 0.198 e. The summed E-state index contributed by atoms with van der Waals surface area (Å²) >= 11 is 4.42. The Balaban J connectivity index is 1.69. The fourth-order valence-electron chi connectivity index (χ4n) is 5.85. The van der Waals surface area contributed by atoms with Gasteiger partial charge in [0, 0.05) is 16.0 Å². The zero-order valence-corrected chi connectivity index (χ0v) is 18.1. The first-order valence-electron chi connectivity index (χ1n) is 11.4. The molecule has 0 aromatic heterocycles. The van der Waals surface area contributed by atoms with E-state index in [1.54, 1.807) is 6.07 Å². The Kier molecular flexibility index (Phi) is 5.22. The predicted molar refractivity (Wildman–Crippen MR) is 120 cm³/mol. The van der Waals surface area contributed by atoms with Crippen LogP contribution in [-0.4, -0.2) is 16.7 Å². The molecular weight excluding hydrogens is 392 g/mol. The predicted octanol–water partition coefficient (Wildman–Crippen LogP) is 6.55. The highest BCUT2D eigenvalue weighted by molar-refractivity contribution is 7.80. The summed E-state index contributed by atoms with van der Waals surface area (Å²) < 4.78 is 0. The number of carbonyl (C=O) groups is 2. The fraction of sp³-hybridized carbons (Fsp3) is 0.462. The van der Waals surface area contributed by atoms with E-state index in [0.29, 0.717) is 27.9 Å². The van der Waals surface area contributed by atoms with Crippen molar-refractivity contribution in [1.29, 1.82) is 0 Å². The minimum Gasteiger partial charge on any atom is -0.507 e. The van der Waals surface area contributed by atoms with E-state index in [1.165, 1.54) is 55.7 Å². The molecule has 0 aliphatic heterocycles. The molecule has 3 aliphatic carbocycles. The number of thiol groups is 1. The van der Waals surface area contributed by atoms with E-state index in [0.717, 1.165) is 25.7 Å². The zero-order valence-electron chi connectivity index (χ0n) is 17.2. The van der Waals surface area contributed by atoms with Crippen LogP contribution < -0.4 is 0 Å². The smallest absolute Gasteiger partial charge is 0.198 e. The van der Waals surface area contributed by atoms with Crippen molar-refractivity contribution in [3.63, 3.8) is 0 Å². The number of ketones is 2. The molecule has 0 unspecified atom stereocenters. The van der Waals surface area contributed by atoms with Gasteiger partial charge in [0.15, 0.2) is 11.6 Å². The van der Waals surface area contributed by atoms with Crippen LogP contribution in [0.1, 0.15) is 119 Å². The molecule has 30 heavy (non-hydrogen) atoms. The van der Waals surface area contributed by atoms with Crippen LogP contribution in [0.25, 0.3) is 0 Å². The highest BCUT2D eigenvalue weighted by atomic mass is 32.1. The topological polar surface area (TPSA) is 54.4 Å². The molecule has 5 rings (SSSR count). The second-order valence-corrected chi connectivity index (χ2v) is 9.69. The van der Waals surface area contributed by atoms with Crippen LogP contribution >= 0.6 is 12.6 Å². The Labute approximate surface area is 183 Å². The van der Waals surface area contributed by atoms with E-state index in [1.807, 2.05) is 12.1 Å². The van der Waals surface area contributed by atoms with Gasteiger partial charge in [-0.1, -0.05) is 38.5 Å². The lowest BCUT2D eigenvalue weighted by Gasteiger charge is -2.31. The number of fused-ring (bicyclic) bond motifs is 2. The maximum atomic E-state index is 13.4. The summed E-state index contributed by atoms with van der Waals surface area (Å²) in [6.07, 6.45) is 12.1. The zero-order chi connectivity index (χ0) is 20.8. The molecule has 4 heteroatoms. The lowest BCUT2D eigenvalue weighted by molar-refractivity contribution is 0.0974. The fourth-order valence-corrected chi connectivity index (χ4v) is 6.14. The van der Waals surface area contributed by atoms with Crippen molar-refractivity contribution in [2.24, 2.45) is 0 Å². The maximum absolute atomic E-state index is 13.4. The van der Waals surface area contributed by atoms with Crippen LogP contribution in [0.15, 0.2) is 29.2 Å². The summed E-state index contributed by atoms with van der Waals surface area (Å²) in [5, 5.41) is 10.4. The van der Waals surface area contributed by atoms with E-state index >= 15 is 0 Å². The lowest BCUT2D eigenvalue weighted by atomic mass is 9.72. The normalized spacial score (nSPS) is 20.2. The van der Waals surface area contributed by atoms with Crippen LogP contribution in [0.3, 0.4) is 0 Å². The first kappa shape index (κ1) is 19.9. The van der Waals surface area contributed by atoms with Crippen molar-refractivity contribution in [3.8, 4) is 5.75 Å². The van der Waals surface area contributed by atoms with Gasteiger partial charge >= 0.3 is 0 Å². The van der Waals surface area contributed by atoms with Crippen molar-refractivity contribution in [2.45, 2.75) is 80.9 Å². The third-order valence-corrected chi connectivity index (χ3v) is 7.79. The van der Waals surface area contributed by atoms with Gasteiger partial charge in [0.1, 0.15) is 5.75 Å². The van der Waals surface area contributed by atoms with Gasteiger partial charge in [0.2, 0.25) is 0 Å². The van der Waals surface area contributed by atoms with Crippen LogP contribution in [0, 0.1) is 0 Å². The lowest BCUT2D eigenvalue weighted by Crippen LogP contribution is -2.24. The molecule has 0 bridgehead atoms. The van der Waals surface area contributed by atoms with Gasteiger partial charge in [-0.05, 0) is 72.9 Å². The Morgan fingerprint density at radius 2 is 1.17 bits per heavy atom. The molecule has 2 aromatic rings. The molecule has 0 radical (unpaired) electrons. The largest absolute Gasteiger partial charge is 0.507 e. The average molecular weight is 421 g/mol. The second-order valence-electron chi connectivity index (χ2n) is 9.21. The van der Waals surface area contributed by atoms with Crippen molar-refractivity contribution in [3.05, 3.63) is 57.6 Å². The number of aromatic hydroxyl groups is 1. The van der Waals surface area contributed by atoms with Crippen LogP contribution in [0.4, 0.5) is 0 Å². The molecule has 0 spiro atoms. The molecule has 0 atom stereocenters. The van der Waals surface area contributed by atoms with E-state index in [4.69, 9.17) is 0 Å². The van der Waals surface area contributed by atoms with E-state index in [-0.39, 0.29) is 28.4 Å². The number of hydrogen-bond acceptors (Lipinski definition) is 4. The first-order valence-corrected chi connectivity index (χ1v) is 11.8. The summed E-state index contributed by atoms with van der Waals surface area (Å²) in [6, 6.07) is 7.10. The van der Waals surface area contributed by atoms with Crippen LogP contribution in [-0.2, 0) is 0 Å². The number of phenolic OH excluding ortho intramolecular Hbond substituents is 1. The van der Waals surface area contributed by atoms with E-state index in [2.05, 4.69) is 12.6 Å². The molecule has 0 amide bonds. The number of rotatable bonds is 2. The highest BCUT2D eigenvalue weighted by Crippen LogP contribution is 2.44. The van der Waals surface area contributed by atoms with Crippen molar-refractivity contribution in [1.82, 2.24) is 0 Å². The average Bonchev–Trinajstić information content (AvgIpc) is 2.79. The van der Waals surface area contributed by atoms with Gasteiger partial charge in [-0.2, -0.15) is 0 Å². The summed E-state index contributed by atoms with van der Waals surface area (Å²) in [7, 11) is 0. The van der Waals surface area contributed by atoms with Gasteiger partial charge in [0.25, 0.3) is 0 Å². The third-order valence-electron chi connectivity index (χ3n) is 7.42. The molecule has 0 heterocycles. The highest BCUT2D eigenvalue weighted by Gasteiger charge is 2.36. The minimum absolute atomic E-state index is 0.111. The van der Waals surface area contributed by atoms with E-state index < -0.39 is 0 Å². The number of phenols is 1. The van der Waals surface area contributed by atoms with Crippen LogP contribution in [0.5, 0.6) is 5.75 Å². The molecule has 2 aromatic carbocycles. The van der Waals surface area contributed by atoms with Crippen LogP contribution in [0.2, 0.25) is 0 Å². The third kappa shape index (κ3) is 3.20. The Hall–Kier alpha value is -2.07. The Morgan fingerprint density at radius 1 is 0.700 bits per heavy atom. The summed E-state index contributed by atoms with van der Waals surface area (Å²) in [4.78, 5) is 27.3. The molecule has 156 valence electrons.